The fourth-order valence-electron chi connectivity index (χ4n) is 2.95. The van der Waals surface area contributed by atoms with Crippen molar-refractivity contribution >= 4 is 22.9 Å². The summed E-state index contributed by atoms with van der Waals surface area (Å²) in [5.74, 6) is -0.532. The molecule has 1 aliphatic heterocycles. The van der Waals surface area contributed by atoms with E-state index < -0.39 is 6.17 Å². The number of nitrogens with one attached hydrogen (secondary N) is 2. The number of amides is 1. The van der Waals surface area contributed by atoms with E-state index >= 15 is 0 Å². The average molecular weight is 338 g/mol. The topological polar surface area (TPSA) is 41.1 Å². The highest BCUT2D eigenvalue weighted by atomic mass is 32.1. The molecular weight excluding hydrogens is 323 g/mol. The molecular formula is C19H15FN2OS. The van der Waals surface area contributed by atoms with Crippen molar-refractivity contribution in [1.29, 1.82) is 0 Å². The van der Waals surface area contributed by atoms with Crippen molar-refractivity contribution in [3.8, 4) is 10.4 Å². The molecule has 0 spiro atoms. The summed E-state index contributed by atoms with van der Waals surface area (Å²) in [5.41, 5.74) is 3.57. The van der Waals surface area contributed by atoms with Crippen LogP contribution in [-0.2, 0) is 0 Å². The summed E-state index contributed by atoms with van der Waals surface area (Å²) >= 11 is 1.57. The molecule has 0 saturated carbocycles. The van der Waals surface area contributed by atoms with Gasteiger partial charge in [-0.05, 0) is 41.6 Å². The quantitative estimate of drug-likeness (QED) is 0.710. The van der Waals surface area contributed by atoms with Crippen molar-refractivity contribution in [2.24, 2.45) is 0 Å². The number of rotatable bonds is 2. The van der Waals surface area contributed by atoms with E-state index in [1.54, 1.807) is 23.5 Å². The van der Waals surface area contributed by atoms with Gasteiger partial charge in [-0.3, -0.25) is 4.79 Å². The largest absolute Gasteiger partial charge is 0.361 e. The number of thiophene rings is 1. The average Bonchev–Trinajstić information content (AvgIpc) is 3.10. The minimum Gasteiger partial charge on any atom is -0.361 e. The molecule has 24 heavy (non-hydrogen) atoms. The SMILES string of the molecule is Cc1cccc2c1N[C@H](c1ccc(-c3cccs3)cc1F)NC2=O. The fraction of sp³-hybridized carbons (Fsp3) is 0.105. The van der Waals surface area contributed by atoms with E-state index in [0.29, 0.717) is 11.1 Å². The van der Waals surface area contributed by atoms with Gasteiger partial charge in [0.2, 0.25) is 0 Å². The number of carbonyl (C=O) groups is 1. The molecule has 5 heteroatoms. The number of benzene rings is 2. The summed E-state index contributed by atoms with van der Waals surface area (Å²) in [6.07, 6.45) is -0.580. The first-order valence-corrected chi connectivity index (χ1v) is 8.52. The molecule has 1 aromatic heterocycles. The van der Waals surface area contributed by atoms with E-state index in [-0.39, 0.29) is 11.7 Å². The lowest BCUT2D eigenvalue weighted by Crippen LogP contribution is -2.39. The second kappa shape index (κ2) is 5.76. The highest BCUT2D eigenvalue weighted by molar-refractivity contribution is 7.13. The van der Waals surface area contributed by atoms with Crippen LogP contribution in [-0.4, -0.2) is 5.91 Å². The number of carbonyl (C=O) groups excluding carboxylic acids is 1. The molecule has 2 N–H and O–H groups in total. The lowest BCUT2D eigenvalue weighted by atomic mass is 10.0. The Morgan fingerprint density at radius 1 is 1.08 bits per heavy atom. The Bertz CT molecular complexity index is 921. The van der Waals surface area contributed by atoms with Gasteiger partial charge in [-0.15, -0.1) is 11.3 Å². The maximum absolute atomic E-state index is 14.6. The molecule has 1 atom stereocenters. The van der Waals surface area contributed by atoms with Gasteiger partial charge in [0.1, 0.15) is 12.0 Å². The second-order valence-electron chi connectivity index (χ2n) is 5.76. The van der Waals surface area contributed by atoms with Crippen LogP contribution in [0.25, 0.3) is 10.4 Å². The molecule has 0 aliphatic carbocycles. The Balaban J connectivity index is 1.70. The zero-order valence-electron chi connectivity index (χ0n) is 13.0. The third-order valence-corrected chi connectivity index (χ3v) is 5.12. The van der Waals surface area contributed by atoms with Crippen molar-refractivity contribution in [2.45, 2.75) is 13.1 Å². The van der Waals surface area contributed by atoms with E-state index in [0.717, 1.165) is 21.7 Å². The van der Waals surface area contributed by atoms with Gasteiger partial charge in [-0.25, -0.2) is 4.39 Å². The number of hydrogen-bond acceptors (Lipinski definition) is 3. The smallest absolute Gasteiger partial charge is 0.255 e. The molecule has 3 aromatic rings. The van der Waals surface area contributed by atoms with Gasteiger partial charge in [0.25, 0.3) is 5.91 Å². The number of anilines is 1. The van der Waals surface area contributed by atoms with Gasteiger partial charge in [-0.2, -0.15) is 0 Å². The first-order valence-electron chi connectivity index (χ1n) is 7.64. The van der Waals surface area contributed by atoms with Gasteiger partial charge >= 0.3 is 0 Å². The van der Waals surface area contributed by atoms with Crippen LogP contribution in [0.15, 0.2) is 53.9 Å². The summed E-state index contributed by atoms with van der Waals surface area (Å²) in [7, 11) is 0. The van der Waals surface area contributed by atoms with Crippen LogP contribution in [0.1, 0.15) is 27.7 Å². The number of hydrogen-bond donors (Lipinski definition) is 2. The monoisotopic (exact) mass is 338 g/mol. The molecule has 1 amide bonds. The molecule has 3 nitrogen and oxygen atoms in total. The summed E-state index contributed by atoms with van der Waals surface area (Å²) in [6, 6.07) is 14.5. The number of fused-ring (bicyclic) bond motifs is 1. The normalized spacial score (nSPS) is 16.2. The zero-order valence-corrected chi connectivity index (χ0v) is 13.8. The summed E-state index contributed by atoms with van der Waals surface area (Å²) in [5, 5.41) is 8.02. The van der Waals surface area contributed by atoms with Crippen LogP contribution < -0.4 is 10.6 Å². The van der Waals surface area contributed by atoms with Crippen molar-refractivity contribution in [3.05, 3.63) is 76.4 Å². The highest BCUT2D eigenvalue weighted by Gasteiger charge is 2.27. The van der Waals surface area contributed by atoms with Crippen molar-refractivity contribution in [2.75, 3.05) is 5.32 Å². The molecule has 4 rings (SSSR count). The van der Waals surface area contributed by atoms with Gasteiger partial charge in [-0.1, -0.05) is 30.3 Å². The van der Waals surface area contributed by atoms with E-state index in [2.05, 4.69) is 10.6 Å². The van der Waals surface area contributed by atoms with Gasteiger partial charge in [0.15, 0.2) is 0 Å². The van der Waals surface area contributed by atoms with Crippen LogP contribution in [0.3, 0.4) is 0 Å². The molecule has 120 valence electrons. The maximum atomic E-state index is 14.6. The van der Waals surface area contributed by atoms with E-state index in [1.165, 1.54) is 6.07 Å². The van der Waals surface area contributed by atoms with Crippen LogP contribution in [0.2, 0.25) is 0 Å². The van der Waals surface area contributed by atoms with Crippen molar-refractivity contribution < 1.29 is 9.18 Å². The molecule has 1 aliphatic rings. The Hall–Kier alpha value is -2.66. The van der Waals surface area contributed by atoms with Crippen molar-refractivity contribution in [1.82, 2.24) is 5.32 Å². The van der Waals surface area contributed by atoms with E-state index in [1.807, 2.05) is 42.6 Å². The van der Waals surface area contributed by atoms with Crippen LogP contribution in [0, 0.1) is 12.7 Å². The summed E-state index contributed by atoms with van der Waals surface area (Å²) in [4.78, 5) is 13.3. The first-order chi connectivity index (χ1) is 11.6. The summed E-state index contributed by atoms with van der Waals surface area (Å²) < 4.78 is 14.6. The minimum absolute atomic E-state index is 0.195. The molecule has 0 bridgehead atoms. The lowest BCUT2D eigenvalue weighted by molar-refractivity contribution is 0.0935. The Morgan fingerprint density at radius 2 is 1.96 bits per heavy atom. The predicted molar refractivity (Wildman–Crippen MR) is 94.7 cm³/mol. The molecule has 0 radical (unpaired) electrons. The molecule has 2 heterocycles. The molecule has 2 aromatic carbocycles. The maximum Gasteiger partial charge on any atom is 0.255 e. The van der Waals surface area contributed by atoms with E-state index in [9.17, 15) is 9.18 Å². The van der Waals surface area contributed by atoms with Gasteiger partial charge in [0.05, 0.1) is 11.3 Å². The highest BCUT2D eigenvalue weighted by Crippen LogP contribution is 2.32. The number of halogens is 1. The molecule has 0 unspecified atom stereocenters. The lowest BCUT2D eigenvalue weighted by Gasteiger charge is -2.29. The third-order valence-electron chi connectivity index (χ3n) is 4.20. The van der Waals surface area contributed by atoms with Gasteiger partial charge in [0, 0.05) is 10.4 Å². The van der Waals surface area contributed by atoms with Crippen LogP contribution in [0.5, 0.6) is 0 Å². The Kier molecular flexibility index (Phi) is 3.58. The Labute approximate surface area is 143 Å². The van der Waals surface area contributed by atoms with Gasteiger partial charge < -0.3 is 10.6 Å². The molecule has 0 saturated heterocycles. The molecule has 0 fully saturated rings. The summed E-state index contributed by atoms with van der Waals surface area (Å²) in [6.45, 7) is 1.93. The first kappa shape index (κ1) is 14.9. The zero-order chi connectivity index (χ0) is 16.7. The van der Waals surface area contributed by atoms with Crippen LogP contribution in [0.4, 0.5) is 10.1 Å². The Morgan fingerprint density at radius 3 is 2.71 bits per heavy atom. The minimum atomic E-state index is -0.580. The number of aryl methyl sites for hydroxylation is 1. The van der Waals surface area contributed by atoms with Crippen molar-refractivity contribution in [3.63, 3.8) is 0 Å². The van der Waals surface area contributed by atoms with Crippen LogP contribution >= 0.6 is 11.3 Å². The standard InChI is InChI=1S/C19H15FN2OS/c1-11-4-2-5-14-17(11)21-18(22-19(14)23)13-8-7-12(10-15(13)20)16-6-3-9-24-16/h2-10,18,21H,1H3,(H,22,23)/t18-/m0/s1. The predicted octanol–water partition coefficient (Wildman–Crippen LogP) is 4.72. The third kappa shape index (κ3) is 2.47. The second-order valence-corrected chi connectivity index (χ2v) is 6.71. The van der Waals surface area contributed by atoms with E-state index in [4.69, 9.17) is 0 Å². The number of para-hydroxylation sites is 1. The fourth-order valence-corrected chi connectivity index (χ4v) is 3.67.